The van der Waals surface area contributed by atoms with Gasteiger partial charge in [0.15, 0.2) is 0 Å². The molecule has 168 valence electrons. The van der Waals surface area contributed by atoms with Crippen LogP contribution in [0.25, 0.3) is 10.8 Å². The highest BCUT2D eigenvalue weighted by Gasteiger charge is 2.19. The van der Waals surface area contributed by atoms with E-state index < -0.39 is 12.2 Å². The van der Waals surface area contributed by atoms with Crippen LogP contribution in [0.15, 0.2) is 66.7 Å². The van der Waals surface area contributed by atoms with Crippen LogP contribution in [0.4, 0.5) is 0 Å². The lowest BCUT2D eigenvalue weighted by atomic mass is 9.98. The summed E-state index contributed by atoms with van der Waals surface area (Å²) < 4.78 is 5.79. The predicted molar refractivity (Wildman–Crippen MR) is 126 cm³/mol. The normalized spacial score (nSPS) is 15.6. The lowest BCUT2D eigenvalue weighted by Crippen LogP contribution is -2.29. The molecule has 4 rings (SSSR count). The van der Waals surface area contributed by atoms with Crippen LogP contribution in [0.1, 0.15) is 42.9 Å². The Bertz CT molecular complexity index is 1030. The second kappa shape index (κ2) is 10.6. The summed E-state index contributed by atoms with van der Waals surface area (Å²) in [5.74, 6) is 0.783. The first-order valence-electron chi connectivity index (χ1n) is 11.4. The number of aliphatic hydroxyl groups is 2. The maximum absolute atomic E-state index is 12.1. The van der Waals surface area contributed by atoms with Crippen molar-refractivity contribution in [3.8, 4) is 5.75 Å². The van der Waals surface area contributed by atoms with Crippen molar-refractivity contribution in [3.05, 3.63) is 77.9 Å². The van der Waals surface area contributed by atoms with Gasteiger partial charge in [-0.3, -0.25) is 4.79 Å². The molecule has 0 aliphatic carbocycles. The van der Waals surface area contributed by atoms with Crippen molar-refractivity contribution in [2.45, 2.75) is 44.3 Å². The fourth-order valence-corrected chi connectivity index (χ4v) is 4.19. The van der Waals surface area contributed by atoms with E-state index in [1.807, 2.05) is 71.6 Å². The molecule has 1 amide bonds. The number of hydrogen-bond donors (Lipinski definition) is 2. The molecule has 0 radical (unpaired) electrons. The van der Waals surface area contributed by atoms with Crippen LogP contribution in [-0.2, 0) is 11.2 Å². The molecule has 5 heteroatoms. The smallest absolute Gasteiger partial charge is 0.222 e. The van der Waals surface area contributed by atoms with Crippen molar-refractivity contribution >= 4 is 16.7 Å². The quantitative estimate of drug-likeness (QED) is 0.529. The van der Waals surface area contributed by atoms with E-state index in [9.17, 15) is 15.0 Å². The van der Waals surface area contributed by atoms with Crippen LogP contribution >= 0.6 is 0 Å². The standard InChI is InChI=1S/C27H31NO4/c29-24(11-13-27(31)28-14-4-5-15-28)19-32-25-12-10-21-8-9-22(17-23(21)18-25)26(30)16-20-6-2-1-3-7-20/h1-3,6-10,12,17-18,24,26,29-30H,4-5,11,13-16,19H2. The van der Waals surface area contributed by atoms with Crippen molar-refractivity contribution in [1.82, 2.24) is 4.90 Å². The number of carbonyl (C=O) groups excluding carboxylic acids is 1. The van der Waals surface area contributed by atoms with Gasteiger partial charge in [0.05, 0.1) is 12.2 Å². The van der Waals surface area contributed by atoms with Crippen LogP contribution in [0.2, 0.25) is 0 Å². The number of fused-ring (bicyclic) bond motifs is 1. The van der Waals surface area contributed by atoms with Crippen molar-refractivity contribution in [2.75, 3.05) is 19.7 Å². The zero-order chi connectivity index (χ0) is 22.3. The molecule has 1 aliphatic rings. The molecular formula is C27H31NO4. The van der Waals surface area contributed by atoms with E-state index in [4.69, 9.17) is 4.74 Å². The van der Waals surface area contributed by atoms with Gasteiger partial charge in [-0.25, -0.2) is 0 Å². The van der Waals surface area contributed by atoms with Crippen molar-refractivity contribution in [3.63, 3.8) is 0 Å². The molecule has 32 heavy (non-hydrogen) atoms. The van der Waals surface area contributed by atoms with Gasteiger partial charge in [-0.1, -0.05) is 48.5 Å². The molecule has 1 aliphatic heterocycles. The van der Waals surface area contributed by atoms with Gasteiger partial charge in [0.25, 0.3) is 0 Å². The van der Waals surface area contributed by atoms with Crippen LogP contribution in [0.5, 0.6) is 5.75 Å². The fourth-order valence-electron chi connectivity index (χ4n) is 4.19. The molecule has 2 unspecified atom stereocenters. The van der Waals surface area contributed by atoms with Gasteiger partial charge < -0.3 is 19.8 Å². The average molecular weight is 434 g/mol. The first-order chi connectivity index (χ1) is 15.6. The summed E-state index contributed by atoms with van der Waals surface area (Å²) in [4.78, 5) is 14.0. The molecule has 0 aromatic heterocycles. The number of hydrogen-bond acceptors (Lipinski definition) is 4. The summed E-state index contributed by atoms with van der Waals surface area (Å²) in [5.41, 5.74) is 1.95. The number of nitrogens with zero attached hydrogens (tertiary/aromatic N) is 1. The van der Waals surface area contributed by atoms with Crippen molar-refractivity contribution < 1.29 is 19.7 Å². The molecule has 0 bridgehead atoms. The molecule has 3 aromatic carbocycles. The minimum absolute atomic E-state index is 0.119. The van der Waals surface area contributed by atoms with Crippen LogP contribution in [0.3, 0.4) is 0 Å². The summed E-state index contributed by atoms with van der Waals surface area (Å²) >= 11 is 0. The predicted octanol–water partition coefficient (Wildman–Crippen LogP) is 4.26. The third-order valence-corrected chi connectivity index (χ3v) is 6.08. The van der Waals surface area contributed by atoms with E-state index in [0.717, 1.165) is 47.8 Å². The highest BCUT2D eigenvalue weighted by molar-refractivity contribution is 5.84. The number of amides is 1. The Labute approximate surface area is 189 Å². The van der Waals surface area contributed by atoms with Crippen LogP contribution in [-0.4, -0.2) is 46.8 Å². The second-order valence-corrected chi connectivity index (χ2v) is 8.57. The first-order valence-corrected chi connectivity index (χ1v) is 11.4. The maximum atomic E-state index is 12.1. The highest BCUT2D eigenvalue weighted by atomic mass is 16.5. The molecule has 1 saturated heterocycles. The molecule has 5 nitrogen and oxygen atoms in total. The summed E-state index contributed by atoms with van der Waals surface area (Å²) in [6.07, 6.45) is 2.20. The zero-order valence-electron chi connectivity index (χ0n) is 18.3. The van der Waals surface area contributed by atoms with Gasteiger partial charge in [-0.05, 0) is 59.4 Å². The molecule has 2 N–H and O–H groups in total. The SMILES string of the molecule is O=C(CCC(O)COc1ccc2ccc(C(O)Cc3ccccc3)cc2c1)N1CCCC1. The van der Waals surface area contributed by atoms with Crippen LogP contribution < -0.4 is 4.74 Å². The van der Waals surface area contributed by atoms with E-state index in [2.05, 4.69) is 0 Å². The molecule has 3 aromatic rings. The number of benzene rings is 3. The van der Waals surface area contributed by atoms with Crippen molar-refractivity contribution in [2.24, 2.45) is 0 Å². The summed E-state index contributed by atoms with van der Waals surface area (Å²) in [7, 11) is 0. The Morgan fingerprint density at radius 2 is 1.69 bits per heavy atom. The minimum Gasteiger partial charge on any atom is -0.491 e. The van der Waals surface area contributed by atoms with Crippen LogP contribution in [0, 0.1) is 0 Å². The third kappa shape index (κ3) is 5.87. The minimum atomic E-state index is -0.684. The van der Waals surface area contributed by atoms with Gasteiger partial charge in [-0.15, -0.1) is 0 Å². The average Bonchev–Trinajstić information content (AvgIpc) is 3.36. The van der Waals surface area contributed by atoms with Gasteiger partial charge in [0.2, 0.25) is 5.91 Å². The molecular weight excluding hydrogens is 402 g/mol. The zero-order valence-corrected chi connectivity index (χ0v) is 18.3. The van der Waals surface area contributed by atoms with E-state index >= 15 is 0 Å². The monoisotopic (exact) mass is 433 g/mol. The molecule has 1 heterocycles. The number of ether oxygens (including phenoxy) is 1. The molecule has 2 atom stereocenters. The number of likely N-dealkylation sites (tertiary alicyclic amines) is 1. The number of aliphatic hydroxyl groups excluding tert-OH is 2. The largest absolute Gasteiger partial charge is 0.491 e. The maximum Gasteiger partial charge on any atom is 0.222 e. The lowest BCUT2D eigenvalue weighted by Gasteiger charge is -2.17. The van der Waals surface area contributed by atoms with E-state index in [-0.39, 0.29) is 12.5 Å². The molecule has 0 saturated carbocycles. The number of carbonyl (C=O) groups is 1. The molecule has 1 fully saturated rings. The highest BCUT2D eigenvalue weighted by Crippen LogP contribution is 2.26. The van der Waals surface area contributed by atoms with Gasteiger partial charge >= 0.3 is 0 Å². The van der Waals surface area contributed by atoms with Gasteiger partial charge in [0.1, 0.15) is 12.4 Å². The summed E-state index contributed by atoms with van der Waals surface area (Å²) in [6.45, 7) is 1.82. The van der Waals surface area contributed by atoms with E-state index in [0.29, 0.717) is 25.0 Å². The first kappa shape index (κ1) is 22.3. The summed E-state index contributed by atoms with van der Waals surface area (Å²) in [5, 5.41) is 22.9. The third-order valence-electron chi connectivity index (χ3n) is 6.08. The Morgan fingerprint density at radius 3 is 2.47 bits per heavy atom. The topological polar surface area (TPSA) is 70.0 Å². The lowest BCUT2D eigenvalue weighted by molar-refractivity contribution is -0.130. The Kier molecular flexibility index (Phi) is 7.40. The Morgan fingerprint density at radius 1 is 0.938 bits per heavy atom. The molecule has 0 spiro atoms. The van der Waals surface area contributed by atoms with Gasteiger partial charge in [-0.2, -0.15) is 0 Å². The number of rotatable bonds is 9. The fraction of sp³-hybridized carbons (Fsp3) is 0.370. The Hall–Kier alpha value is -2.89. The second-order valence-electron chi connectivity index (χ2n) is 8.57. The Balaban J connectivity index is 1.33. The summed E-state index contributed by atoms with van der Waals surface area (Å²) in [6, 6.07) is 21.7. The van der Waals surface area contributed by atoms with E-state index in [1.165, 1.54) is 0 Å². The van der Waals surface area contributed by atoms with E-state index in [1.54, 1.807) is 0 Å². The van der Waals surface area contributed by atoms with Gasteiger partial charge in [0, 0.05) is 25.9 Å². The van der Waals surface area contributed by atoms with Crippen molar-refractivity contribution in [1.29, 1.82) is 0 Å².